The fourth-order valence-corrected chi connectivity index (χ4v) is 5.46. The van der Waals surface area contributed by atoms with Crippen molar-refractivity contribution in [3.05, 3.63) is 35.9 Å². The predicted octanol–water partition coefficient (Wildman–Crippen LogP) is 2.61. The molecule has 2 N–H and O–H groups in total. The Labute approximate surface area is 150 Å². The van der Waals surface area contributed by atoms with Gasteiger partial charge in [-0.2, -0.15) is 0 Å². The number of hydrogen-bond donors (Lipinski definition) is 2. The molecule has 2 aromatic rings. The van der Waals surface area contributed by atoms with Gasteiger partial charge in [-0.05, 0) is 48.8 Å². The number of thiazole rings is 1. The molecule has 2 aliphatic rings. The number of carbonyl (C=O) groups excluding carboxylic acids is 1. The summed E-state index contributed by atoms with van der Waals surface area (Å²) >= 11 is 1.22. The van der Waals surface area contributed by atoms with Crippen molar-refractivity contribution in [1.82, 2.24) is 10.3 Å². The van der Waals surface area contributed by atoms with Crippen LogP contribution in [-0.4, -0.2) is 32.1 Å². The largest absolute Gasteiger partial charge is 0.352 e. The molecule has 1 aromatic heterocycles. The molecule has 6 nitrogen and oxygen atoms in total. The maximum absolute atomic E-state index is 12.4. The molecule has 2 bridgehead atoms. The van der Waals surface area contributed by atoms with Crippen molar-refractivity contribution in [2.75, 3.05) is 17.5 Å². The van der Waals surface area contributed by atoms with Crippen LogP contribution in [0, 0.1) is 17.8 Å². The molecule has 8 heteroatoms. The zero-order valence-electron chi connectivity index (χ0n) is 13.7. The number of nitrogens with one attached hydrogen (secondary N) is 2. The smallest absolute Gasteiger partial charge is 0.251 e. The van der Waals surface area contributed by atoms with E-state index in [1.807, 2.05) is 0 Å². The second-order valence-corrected chi connectivity index (χ2v) is 9.61. The maximum atomic E-state index is 12.4. The average molecular weight is 377 g/mol. The van der Waals surface area contributed by atoms with E-state index >= 15 is 0 Å². The van der Waals surface area contributed by atoms with Crippen LogP contribution in [0.15, 0.2) is 30.4 Å². The number of allylic oxidation sites excluding steroid dienone is 2. The van der Waals surface area contributed by atoms with Crippen molar-refractivity contribution in [1.29, 1.82) is 0 Å². The summed E-state index contributed by atoms with van der Waals surface area (Å²) in [4.78, 5) is 16.7. The van der Waals surface area contributed by atoms with Crippen LogP contribution >= 0.6 is 11.3 Å². The molecular formula is C17H19N3O3S2. The van der Waals surface area contributed by atoms with Gasteiger partial charge in [0.1, 0.15) is 0 Å². The van der Waals surface area contributed by atoms with E-state index in [1.165, 1.54) is 17.8 Å². The summed E-state index contributed by atoms with van der Waals surface area (Å²) in [5.74, 6) is 1.75. The first kappa shape index (κ1) is 16.5. The summed E-state index contributed by atoms with van der Waals surface area (Å²) in [6, 6.07) is 5.23. The topological polar surface area (TPSA) is 88.2 Å². The van der Waals surface area contributed by atoms with Crippen molar-refractivity contribution in [2.45, 2.75) is 12.8 Å². The molecule has 0 spiro atoms. The lowest BCUT2D eigenvalue weighted by Crippen LogP contribution is -2.30. The Kier molecular flexibility index (Phi) is 4.04. The Bertz CT molecular complexity index is 965. The fourth-order valence-electron chi connectivity index (χ4n) is 3.72. The van der Waals surface area contributed by atoms with Crippen molar-refractivity contribution < 1.29 is 13.2 Å². The lowest BCUT2D eigenvalue weighted by Gasteiger charge is -2.18. The summed E-state index contributed by atoms with van der Waals surface area (Å²) in [6.45, 7) is 0.700. The second kappa shape index (κ2) is 6.10. The van der Waals surface area contributed by atoms with Crippen LogP contribution in [0.25, 0.3) is 10.2 Å². The summed E-state index contributed by atoms with van der Waals surface area (Å²) in [6.07, 6.45) is 8.05. The van der Waals surface area contributed by atoms with E-state index in [0.29, 0.717) is 40.5 Å². The minimum atomic E-state index is -3.36. The Morgan fingerprint density at radius 2 is 2.16 bits per heavy atom. The number of aromatic nitrogens is 1. The first-order valence-electron chi connectivity index (χ1n) is 8.22. The van der Waals surface area contributed by atoms with Gasteiger partial charge in [0.15, 0.2) is 5.13 Å². The molecule has 1 fully saturated rings. The molecule has 2 aliphatic carbocycles. The van der Waals surface area contributed by atoms with E-state index in [0.717, 1.165) is 17.4 Å². The van der Waals surface area contributed by atoms with Crippen LogP contribution < -0.4 is 10.0 Å². The molecule has 1 heterocycles. The van der Waals surface area contributed by atoms with E-state index in [1.54, 1.807) is 18.2 Å². The normalized spacial score (nSPS) is 24.8. The van der Waals surface area contributed by atoms with E-state index < -0.39 is 10.0 Å². The van der Waals surface area contributed by atoms with Crippen LogP contribution in [0.1, 0.15) is 23.2 Å². The van der Waals surface area contributed by atoms with Gasteiger partial charge in [0.25, 0.3) is 5.91 Å². The predicted molar refractivity (Wildman–Crippen MR) is 99.3 cm³/mol. The van der Waals surface area contributed by atoms with Crippen molar-refractivity contribution in [3.63, 3.8) is 0 Å². The van der Waals surface area contributed by atoms with Crippen LogP contribution in [0.2, 0.25) is 0 Å². The van der Waals surface area contributed by atoms with Gasteiger partial charge in [0, 0.05) is 12.1 Å². The maximum Gasteiger partial charge on any atom is 0.251 e. The van der Waals surface area contributed by atoms with Gasteiger partial charge < -0.3 is 5.32 Å². The molecule has 0 radical (unpaired) electrons. The molecule has 0 saturated heterocycles. The average Bonchev–Trinajstić information content (AvgIpc) is 3.24. The third-order valence-corrected chi connectivity index (χ3v) is 6.49. The first-order valence-corrected chi connectivity index (χ1v) is 10.9. The number of sulfonamides is 1. The van der Waals surface area contributed by atoms with Gasteiger partial charge in [0.2, 0.25) is 10.0 Å². The van der Waals surface area contributed by atoms with Crippen molar-refractivity contribution >= 4 is 42.6 Å². The molecular weight excluding hydrogens is 358 g/mol. The lowest BCUT2D eigenvalue weighted by molar-refractivity contribution is 0.0945. The third kappa shape index (κ3) is 3.55. The highest BCUT2D eigenvalue weighted by atomic mass is 32.2. The Morgan fingerprint density at radius 3 is 2.84 bits per heavy atom. The third-order valence-electron chi connectivity index (χ3n) is 4.86. The number of nitrogens with zero attached hydrogens (tertiary/aromatic N) is 1. The second-order valence-electron chi connectivity index (χ2n) is 6.83. The number of fused-ring (bicyclic) bond motifs is 3. The molecule has 132 valence electrons. The van der Waals surface area contributed by atoms with Crippen LogP contribution in [0.4, 0.5) is 5.13 Å². The molecule has 25 heavy (non-hydrogen) atoms. The minimum Gasteiger partial charge on any atom is -0.352 e. The molecule has 1 aromatic carbocycles. The zero-order chi connectivity index (χ0) is 17.6. The van der Waals surface area contributed by atoms with Crippen LogP contribution in [-0.2, 0) is 10.0 Å². The zero-order valence-corrected chi connectivity index (χ0v) is 15.4. The highest BCUT2D eigenvalue weighted by molar-refractivity contribution is 7.92. The van der Waals surface area contributed by atoms with Gasteiger partial charge in [0.05, 0.1) is 16.5 Å². The van der Waals surface area contributed by atoms with Crippen LogP contribution in [0.5, 0.6) is 0 Å². The highest BCUT2D eigenvalue weighted by Gasteiger charge is 2.35. The first-order chi connectivity index (χ1) is 11.9. The number of amides is 1. The highest BCUT2D eigenvalue weighted by Crippen LogP contribution is 2.43. The van der Waals surface area contributed by atoms with Gasteiger partial charge in [-0.3, -0.25) is 9.52 Å². The SMILES string of the molecule is CS(=O)(=O)Nc1nc2ccc(C(=O)NC[C@H]3C[C@H]4C=C[C@@H]3C4)cc2s1. The summed E-state index contributed by atoms with van der Waals surface area (Å²) < 4.78 is 25.8. The van der Waals surface area contributed by atoms with E-state index in [9.17, 15) is 13.2 Å². The summed E-state index contributed by atoms with van der Waals surface area (Å²) in [5.41, 5.74) is 1.24. The van der Waals surface area contributed by atoms with Crippen molar-refractivity contribution in [3.8, 4) is 0 Å². The van der Waals surface area contributed by atoms with E-state index in [-0.39, 0.29) is 5.91 Å². The number of anilines is 1. The van der Waals surface area contributed by atoms with Gasteiger partial charge in [-0.1, -0.05) is 23.5 Å². The number of hydrogen-bond acceptors (Lipinski definition) is 5. The van der Waals surface area contributed by atoms with Gasteiger partial charge in [-0.25, -0.2) is 13.4 Å². The molecule has 1 saturated carbocycles. The monoisotopic (exact) mass is 377 g/mol. The standard InChI is InChI=1S/C17H19N3O3S2/c1-25(22,23)20-17-19-14-5-4-12(8-15(14)24-17)16(21)18-9-13-7-10-2-3-11(13)6-10/h2-5,8,10-11,13H,6-7,9H2,1H3,(H,18,21)(H,19,20)/t10-,11+,13+/m0/s1. The Balaban J connectivity index is 1.45. The number of carbonyl (C=O) groups is 1. The Morgan fingerprint density at radius 1 is 1.32 bits per heavy atom. The van der Waals surface area contributed by atoms with E-state index in [4.69, 9.17) is 0 Å². The number of rotatable bonds is 5. The molecule has 0 aliphatic heterocycles. The van der Waals surface area contributed by atoms with E-state index in [2.05, 4.69) is 27.2 Å². The van der Waals surface area contributed by atoms with Gasteiger partial charge in [-0.15, -0.1) is 0 Å². The quantitative estimate of drug-likeness (QED) is 0.784. The summed E-state index contributed by atoms with van der Waals surface area (Å²) in [7, 11) is -3.36. The summed E-state index contributed by atoms with van der Waals surface area (Å²) in [5, 5.41) is 3.34. The lowest BCUT2D eigenvalue weighted by atomic mass is 9.93. The van der Waals surface area contributed by atoms with Crippen LogP contribution in [0.3, 0.4) is 0 Å². The Hall–Kier alpha value is -1.93. The molecule has 0 unspecified atom stereocenters. The minimum absolute atomic E-state index is 0.0975. The number of benzene rings is 1. The van der Waals surface area contributed by atoms with Gasteiger partial charge >= 0.3 is 0 Å². The molecule has 1 amide bonds. The molecule has 4 rings (SSSR count). The fraction of sp³-hybridized carbons (Fsp3) is 0.412. The van der Waals surface area contributed by atoms with Crippen molar-refractivity contribution in [2.24, 2.45) is 17.8 Å². The molecule has 3 atom stereocenters.